The summed E-state index contributed by atoms with van der Waals surface area (Å²) in [6.07, 6.45) is 4.02. The molecule has 0 aromatic heterocycles. The maximum atomic E-state index is 12.1. The number of hydrogen-bond donors (Lipinski definition) is 1. The summed E-state index contributed by atoms with van der Waals surface area (Å²) in [5, 5.41) is 0. The standard InChI is InChI=1S/C13H24N2O3/c1-15(6-7-17-9-10-2-3-10)13(16)12-5-4-11(8-14)18-12/h10-12H,2-9,14H2,1H3/t11-,12+/m1/s1. The average molecular weight is 256 g/mol. The Morgan fingerprint density at radius 2 is 2.17 bits per heavy atom. The van der Waals surface area contributed by atoms with E-state index in [9.17, 15) is 4.79 Å². The second-order valence-corrected chi connectivity index (χ2v) is 5.34. The number of amides is 1. The maximum absolute atomic E-state index is 12.1. The number of rotatable bonds is 7. The van der Waals surface area contributed by atoms with Crippen LogP contribution >= 0.6 is 0 Å². The van der Waals surface area contributed by atoms with Crippen molar-refractivity contribution in [2.45, 2.75) is 37.9 Å². The predicted molar refractivity (Wildman–Crippen MR) is 68.1 cm³/mol. The minimum absolute atomic E-state index is 0.0541. The number of nitrogens with zero attached hydrogens (tertiary/aromatic N) is 1. The Morgan fingerprint density at radius 3 is 2.78 bits per heavy atom. The van der Waals surface area contributed by atoms with E-state index < -0.39 is 0 Å². The highest BCUT2D eigenvalue weighted by Crippen LogP contribution is 2.28. The molecule has 1 saturated heterocycles. The van der Waals surface area contributed by atoms with Crippen LogP contribution in [0.15, 0.2) is 0 Å². The van der Waals surface area contributed by atoms with E-state index in [1.54, 1.807) is 4.90 Å². The van der Waals surface area contributed by atoms with Crippen LogP contribution in [0.3, 0.4) is 0 Å². The first-order valence-electron chi connectivity index (χ1n) is 6.89. The molecule has 1 saturated carbocycles. The highest BCUT2D eigenvalue weighted by molar-refractivity contribution is 5.80. The molecule has 1 heterocycles. The highest BCUT2D eigenvalue weighted by atomic mass is 16.5. The van der Waals surface area contributed by atoms with Crippen molar-refractivity contribution in [3.63, 3.8) is 0 Å². The topological polar surface area (TPSA) is 64.8 Å². The van der Waals surface area contributed by atoms with Crippen molar-refractivity contribution < 1.29 is 14.3 Å². The van der Waals surface area contributed by atoms with Crippen LogP contribution in [0.5, 0.6) is 0 Å². The number of ether oxygens (including phenoxy) is 2. The summed E-state index contributed by atoms with van der Waals surface area (Å²) >= 11 is 0. The summed E-state index contributed by atoms with van der Waals surface area (Å²) in [5.74, 6) is 0.829. The zero-order valence-corrected chi connectivity index (χ0v) is 11.1. The summed E-state index contributed by atoms with van der Waals surface area (Å²) in [6, 6.07) is 0. The number of nitrogens with two attached hydrogens (primary N) is 1. The molecule has 0 aromatic carbocycles. The molecule has 2 fully saturated rings. The van der Waals surface area contributed by atoms with Crippen LogP contribution in [0.25, 0.3) is 0 Å². The van der Waals surface area contributed by atoms with Gasteiger partial charge in [-0.25, -0.2) is 0 Å². The van der Waals surface area contributed by atoms with Gasteiger partial charge in [0.15, 0.2) is 0 Å². The molecule has 5 heteroatoms. The van der Waals surface area contributed by atoms with Gasteiger partial charge in [-0.2, -0.15) is 0 Å². The van der Waals surface area contributed by atoms with E-state index in [2.05, 4.69) is 0 Å². The molecule has 2 N–H and O–H groups in total. The second-order valence-electron chi connectivity index (χ2n) is 5.34. The summed E-state index contributed by atoms with van der Waals surface area (Å²) in [7, 11) is 1.81. The Kier molecular flexibility index (Phi) is 4.97. The molecular weight excluding hydrogens is 232 g/mol. The fraction of sp³-hybridized carbons (Fsp3) is 0.923. The molecule has 0 aromatic rings. The van der Waals surface area contributed by atoms with Crippen LogP contribution in [0.2, 0.25) is 0 Å². The normalized spacial score (nSPS) is 27.4. The monoisotopic (exact) mass is 256 g/mol. The van der Waals surface area contributed by atoms with Gasteiger partial charge >= 0.3 is 0 Å². The van der Waals surface area contributed by atoms with Crippen molar-refractivity contribution in [1.29, 1.82) is 0 Å². The van der Waals surface area contributed by atoms with Crippen molar-refractivity contribution in [2.75, 3.05) is 33.4 Å². The molecule has 1 amide bonds. The van der Waals surface area contributed by atoms with Gasteiger partial charge in [0.05, 0.1) is 12.7 Å². The van der Waals surface area contributed by atoms with Crippen molar-refractivity contribution in [3.05, 3.63) is 0 Å². The average Bonchev–Trinajstić information content (AvgIpc) is 3.08. The van der Waals surface area contributed by atoms with Crippen LogP contribution in [0, 0.1) is 5.92 Å². The molecule has 0 bridgehead atoms. The molecule has 2 atom stereocenters. The van der Waals surface area contributed by atoms with Crippen LogP contribution in [0.4, 0.5) is 0 Å². The van der Waals surface area contributed by atoms with Crippen LogP contribution < -0.4 is 5.73 Å². The lowest BCUT2D eigenvalue weighted by Gasteiger charge is -2.21. The van der Waals surface area contributed by atoms with Crippen LogP contribution in [-0.2, 0) is 14.3 Å². The van der Waals surface area contributed by atoms with E-state index >= 15 is 0 Å². The third-order valence-electron chi connectivity index (χ3n) is 3.64. The van der Waals surface area contributed by atoms with Crippen molar-refractivity contribution >= 4 is 5.91 Å². The van der Waals surface area contributed by atoms with E-state index in [1.165, 1.54) is 12.8 Å². The number of likely N-dealkylation sites (N-methyl/N-ethyl adjacent to an activating group) is 1. The minimum Gasteiger partial charge on any atom is -0.379 e. The zero-order valence-electron chi connectivity index (χ0n) is 11.1. The summed E-state index contributed by atoms with van der Waals surface area (Å²) in [5.41, 5.74) is 5.53. The van der Waals surface area contributed by atoms with Gasteiger partial charge in [-0.3, -0.25) is 4.79 Å². The number of carbonyl (C=O) groups is 1. The summed E-state index contributed by atoms with van der Waals surface area (Å²) < 4.78 is 11.1. The van der Waals surface area contributed by atoms with Gasteiger partial charge in [0.1, 0.15) is 6.10 Å². The van der Waals surface area contributed by atoms with Gasteiger partial charge in [0, 0.05) is 26.7 Å². The molecule has 0 unspecified atom stereocenters. The van der Waals surface area contributed by atoms with Crippen LogP contribution in [-0.4, -0.2) is 56.4 Å². The van der Waals surface area contributed by atoms with E-state index in [0.717, 1.165) is 25.4 Å². The zero-order chi connectivity index (χ0) is 13.0. The summed E-state index contributed by atoms with van der Waals surface area (Å²) in [4.78, 5) is 13.8. The van der Waals surface area contributed by atoms with E-state index in [1.807, 2.05) is 7.05 Å². The highest BCUT2D eigenvalue weighted by Gasteiger charge is 2.31. The Balaban J connectivity index is 1.61. The summed E-state index contributed by atoms with van der Waals surface area (Å²) in [6.45, 7) is 2.60. The van der Waals surface area contributed by atoms with Gasteiger partial charge < -0.3 is 20.1 Å². The molecule has 104 valence electrons. The smallest absolute Gasteiger partial charge is 0.251 e. The lowest BCUT2D eigenvalue weighted by Crippen LogP contribution is -2.38. The maximum Gasteiger partial charge on any atom is 0.251 e. The lowest BCUT2D eigenvalue weighted by atomic mass is 10.2. The van der Waals surface area contributed by atoms with Crippen molar-refractivity contribution in [2.24, 2.45) is 11.7 Å². The Labute approximate surface area is 109 Å². The Bertz CT molecular complexity index is 281. The molecule has 1 aliphatic carbocycles. The second kappa shape index (κ2) is 6.50. The Morgan fingerprint density at radius 1 is 1.39 bits per heavy atom. The molecule has 1 aliphatic heterocycles. The number of carbonyl (C=O) groups excluding carboxylic acids is 1. The van der Waals surface area contributed by atoms with Gasteiger partial charge in [0.25, 0.3) is 5.91 Å². The Hall–Kier alpha value is -0.650. The first-order chi connectivity index (χ1) is 8.70. The molecular formula is C13H24N2O3. The molecule has 2 aliphatic rings. The van der Waals surface area contributed by atoms with Crippen molar-refractivity contribution in [1.82, 2.24) is 4.90 Å². The van der Waals surface area contributed by atoms with E-state index in [4.69, 9.17) is 15.2 Å². The molecule has 18 heavy (non-hydrogen) atoms. The molecule has 0 radical (unpaired) electrons. The van der Waals surface area contributed by atoms with Gasteiger partial charge in [0.2, 0.25) is 0 Å². The van der Waals surface area contributed by atoms with E-state index in [-0.39, 0.29) is 18.1 Å². The van der Waals surface area contributed by atoms with Gasteiger partial charge in [-0.15, -0.1) is 0 Å². The predicted octanol–water partition coefficient (Wildman–Crippen LogP) is 0.378. The minimum atomic E-state index is -0.299. The number of hydrogen-bond acceptors (Lipinski definition) is 4. The SMILES string of the molecule is CN(CCOCC1CC1)C(=O)[C@@H]1CC[C@H](CN)O1. The largest absolute Gasteiger partial charge is 0.379 e. The molecule has 2 rings (SSSR count). The fourth-order valence-electron chi connectivity index (χ4n) is 2.15. The van der Waals surface area contributed by atoms with E-state index in [0.29, 0.717) is 19.7 Å². The molecule has 0 spiro atoms. The molecule has 5 nitrogen and oxygen atoms in total. The first kappa shape index (κ1) is 13.8. The first-order valence-corrected chi connectivity index (χ1v) is 6.89. The lowest BCUT2D eigenvalue weighted by molar-refractivity contribution is -0.142. The van der Waals surface area contributed by atoms with Gasteiger partial charge in [-0.1, -0.05) is 0 Å². The van der Waals surface area contributed by atoms with Gasteiger partial charge in [-0.05, 0) is 31.6 Å². The van der Waals surface area contributed by atoms with Crippen molar-refractivity contribution in [3.8, 4) is 0 Å². The quantitative estimate of drug-likeness (QED) is 0.669. The van der Waals surface area contributed by atoms with Crippen LogP contribution in [0.1, 0.15) is 25.7 Å². The third-order valence-corrected chi connectivity index (χ3v) is 3.64. The fourth-order valence-corrected chi connectivity index (χ4v) is 2.15. The third kappa shape index (κ3) is 3.93.